The van der Waals surface area contributed by atoms with E-state index in [1.807, 2.05) is 0 Å². The largest absolute Gasteiger partial charge is 0.433 e. The van der Waals surface area contributed by atoms with E-state index in [9.17, 15) is 18.0 Å². The van der Waals surface area contributed by atoms with Crippen LogP contribution in [-0.2, 0) is 6.18 Å². The van der Waals surface area contributed by atoms with Crippen molar-refractivity contribution < 1.29 is 18.0 Å². The number of hydrogen-bond acceptors (Lipinski definition) is 2. The van der Waals surface area contributed by atoms with Gasteiger partial charge in [-0.2, -0.15) is 13.2 Å². The summed E-state index contributed by atoms with van der Waals surface area (Å²) in [5, 5.41) is 0. The van der Waals surface area contributed by atoms with Crippen LogP contribution in [0.4, 0.5) is 13.2 Å². The molecule has 0 radical (unpaired) electrons. The van der Waals surface area contributed by atoms with E-state index < -0.39 is 17.7 Å². The summed E-state index contributed by atoms with van der Waals surface area (Å²) in [6.07, 6.45) is -3.62. The summed E-state index contributed by atoms with van der Waals surface area (Å²) in [5.74, 6) is 4.03. The fourth-order valence-corrected chi connectivity index (χ4v) is 0.882. The lowest BCUT2D eigenvalue weighted by Gasteiger charge is -2.04. The number of nitrogens with zero attached hydrogens (tertiary/aromatic N) is 1. The Labute approximate surface area is 84.1 Å². The molecule has 0 aromatic carbocycles. The van der Waals surface area contributed by atoms with E-state index in [1.54, 1.807) is 0 Å². The normalized spacial score (nSPS) is 10.4. The maximum Gasteiger partial charge on any atom is 0.433 e. The van der Waals surface area contributed by atoms with E-state index in [0.717, 1.165) is 18.3 Å². The van der Waals surface area contributed by atoms with Crippen LogP contribution >= 0.6 is 0 Å². The third kappa shape index (κ3) is 2.81. The first-order chi connectivity index (χ1) is 6.95. The van der Waals surface area contributed by atoms with Gasteiger partial charge in [0.25, 0.3) is 0 Å². The van der Waals surface area contributed by atoms with Gasteiger partial charge in [-0.3, -0.25) is 9.78 Å². The zero-order valence-electron chi connectivity index (χ0n) is 7.72. The molecule has 0 unspecified atom stereocenters. The number of alkyl halides is 3. The average Bonchev–Trinajstić information content (AvgIpc) is 2.17. The van der Waals surface area contributed by atoms with Crippen LogP contribution in [-0.4, -0.2) is 10.8 Å². The van der Waals surface area contributed by atoms with Gasteiger partial charge in [0.2, 0.25) is 5.78 Å². The van der Waals surface area contributed by atoms with Gasteiger partial charge in [0.15, 0.2) is 0 Å². The van der Waals surface area contributed by atoms with E-state index in [1.165, 1.54) is 6.92 Å². The summed E-state index contributed by atoms with van der Waals surface area (Å²) < 4.78 is 36.3. The lowest BCUT2D eigenvalue weighted by molar-refractivity contribution is -0.141. The molecule has 1 heterocycles. The van der Waals surface area contributed by atoms with Crippen LogP contribution in [0.15, 0.2) is 18.3 Å². The first kappa shape index (κ1) is 11.2. The molecule has 0 aliphatic heterocycles. The number of pyridine rings is 1. The summed E-state index contributed by atoms with van der Waals surface area (Å²) >= 11 is 0. The summed E-state index contributed by atoms with van der Waals surface area (Å²) in [6.45, 7) is 1.47. The molecular formula is C10H6F3NO. The lowest BCUT2D eigenvalue weighted by atomic mass is 10.2. The van der Waals surface area contributed by atoms with Crippen molar-refractivity contribution in [2.24, 2.45) is 0 Å². The molecule has 2 nitrogen and oxygen atoms in total. The van der Waals surface area contributed by atoms with Crippen molar-refractivity contribution in [3.8, 4) is 11.8 Å². The highest BCUT2D eigenvalue weighted by Crippen LogP contribution is 2.27. The van der Waals surface area contributed by atoms with Gasteiger partial charge in [0.1, 0.15) is 5.69 Å². The highest BCUT2D eigenvalue weighted by molar-refractivity contribution is 6.08. The average molecular weight is 213 g/mol. The summed E-state index contributed by atoms with van der Waals surface area (Å²) in [6, 6.07) is 1.81. The predicted molar refractivity (Wildman–Crippen MR) is 47.0 cm³/mol. The second-order valence-corrected chi connectivity index (χ2v) is 2.63. The smallest absolute Gasteiger partial charge is 0.279 e. The fraction of sp³-hybridized carbons (Fsp3) is 0.200. The minimum absolute atomic E-state index is 0.0531. The Bertz CT molecular complexity index is 423. The molecule has 1 rings (SSSR count). The van der Waals surface area contributed by atoms with Crippen molar-refractivity contribution in [3.05, 3.63) is 29.6 Å². The zero-order chi connectivity index (χ0) is 11.5. The molecule has 0 N–H and O–H groups in total. The topological polar surface area (TPSA) is 30.0 Å². The van der Waals surface area contributed by atoms with Crippen LogP contribution in [0.3, 0.4) is 0 Å². The molecule has 0 fully saturated rings. The molecule has 1 aromatic rings. The molecule has 0 amide bonds. The monoisotopic (exact) mass is 213 g/mol. The molecule has 5 heteroatoms. The Morgan fingerprint density at radius 1 is 1.40 bits per heavy atom. The standard InChI is InChI=1S/C10H6F3NO/c1-2-3-8(15)7-4-5-9(14-6-7)10(11,12)13/h4-6H,1H3. The number of ketones is 1. The molecule has 0 bridgehead atoms. The van der Waals surface area contributed by atoms with Crippen molar-refractivity contribution in [1.29, 1.82) is 0 Å². The van der Waals surface area contributed by atoms with E-state index in [0.29, 0.717) is 0 Å². The van der Waals surface area contributed by atoms with Crippen molar-refractivity contribution in [2.45, 2.75) is 13.1 Å². The van der Waals surface area contributed by atoms with Crippen LogP contribution in [0.1, 0.15) is 23.0 Å². The highest BCUT2D eigenvalue weighted by Gasteiger charge is 2.32. The van der Waals surface area contributed by atoms with Crippen LogP contribution in [0, 0.1) is 11.8 Å². The van der Waals surface area contributed by atoms with Gasteiger partial charge in [-0.05, 0) is 25.0 Å². The first-order valence-corrected chi connectivity index (χ1v) is 3.95. The van der Waals surface area contributed by atoms with Gasteiger partial charge >= 0.3 is 6.18 Å². The Balaban J connectivity index is 2.99. The van der Waals surface area contributed by atoms with Crippen LogP contribution in [0.2, 0.25) is 0 Å². The number of aromatic nitrogens is 1. The number of rotatable bonds is 1. The first-order valence-electron chi connectivity index (χ1n) is 3.95. The van der Waals surface area contributed by atoms with E-state index >= 15 is 0 Å². The Hall–Kier alpha value is -1.83. The number of Topliss-reactive ketones (excluding diaryl/α,β-unsaturated/α-hetero) is 1. The second-order valence-electron chi connectivity index (χ2n) is 2.63. The number of hydrogen-bond donors (Lipinski definition) is 0. The van der Waals surface area contributed by atoms with Crippen molar-refractivity contribution in [2.75, 3.05) is 0 Å². The second kappa shape index (κ2) is 4.13. The zero-order valence-corrected chi connectivity index (χ0v) is 7.72. The molecule has 0 saturated heterocycles. The summed E-state index contributed by atoms with van der Waals surface area (Å²) in [7, 11) is 0. The molecule has 78 valence electrons. The van der Waals surface area contributed by atoms with Gasteiger partial charge < -0.3 is 0 Å². The Kier molecular flexibility index (Phi) is 3.10. The minimum Gasteiger partial charge on any atom is -0.279 e. The SMILES string of the molecule is CC#CC(=O)c1ccc(C(F)(F)F)nc1. The van der Waals surface area contributed by atoms with Crippen LogP contribution < -0.4 is 0 Å². The van der Waals surface area contributed by atoms with Crippen molar-refractivity contribution >= 4 is 5.78 Å². The Morgan fingerprint density at radius 2 is 2.07 bits per heavy atom. The van der Waals surface area contributed by atoms with Gasteiger partial charge in [0, 0.05) is 11.8 Å². The quantitative estimate of drug-likeness (QED) is 0.407. The van der Waals surface area contributed by atoms with Gasteiger partial charge in [-0.1, -0.05) is 5.92 Å². The third-order valence-electron chi connectivity index (χ3n) is 1.55. The van der Waals surface area contributed by atoms with Crippen LogP contribution in [0.5, 0.6) is 0 Å². The minimum atomic E-state index is -4.49. The molecular weight excluding hydrogens is 207 g/mol. The summed E-state index contributed by atoms with van der Waals surface area (Å²) in [5.41, 5.74) is -0.971. The van der Waals surface area contributed by atoms with Gasteiger partial charge in [-0.15, -0.1) is 0 Å². The third-order valence-corrected chi connectivity index (χ3v) is 1.55. The van der Waals surface area contributed by atoms with Crippen molar-refractivity contribution in [1.82, 2.24) is 4.98 Å². The van der Waals surface area contributed by atoms with Crippen molar-refractivity contribution in [3.63, 3.8) is 0 Å². The number of carbonyl (C=O) groups excluding carboxylic acids is 1. The molecule has 0 atom stereocenters. The maximum atomic E-state index is 12.1. The summed E-state index contributed by atoms with van der Waals surface area (Å²) in [4.78, 5) is 14.3. The molecule has 0 spiro atoms. The predicted octanol–water partition coefficient (Wildman–Crippen LogP) is 2.31. The van der Waals surface area contributed by atoms with Crippen LogP contribution in [0.25, 0.3) is 0 Å². The van der Waals surface area contributed by atoms with E-state index in [4.69, 9.17) is 0 Å². The number of carbonyl (C=O) groups is 1. The molecule has 0 aliphatic carbocycles. The molecule has 0 aliphatic rings. The Morgan fingerprint density at radius 3 is 2.47 bits per heavy atom. The van der Waals surface area contributed by atoms with E-state index in [-0.39, 0.29) is 5.56 Å². The molecule has 15 heavy (non-hydrogen) atoms. The van der Waals surface area contributed by atoms with Gasteiger partial charge in [-0.25, -0.2) is 0 Å². The molecule has 0 saturated carbocycles. The highest BCUT2D eigenvalue weighted by atomic mass is 19.4. The number of halogens is 3. The lowest BCUT2D eigenvalue weighted by Crippen LogP contribution is -2.08. The van der Waals surface area contributed by atoms with E-state index in [2.05, 4.69) is 16.8 Å². The molecule has 1 aromatic heterocycles. The maximum absolute atomic E-state index is 12.1. The fourth-order valence-electron chi connectivity index (χ4n) is 0.882. The van der Waals surface area contributed by atoms with Gasteiger partial charge in [0.05, 0.1) is 0 Å².